The molecule has 3 aliphatic rings. The number of tetrazole rings is 1. The van der Waals surface area contributed by atoms with Crippen molar-refractivity contribution < 1.29 is 33.8 Å². The zero-order chi connectivity index (χ0) is 23.2. The van der Waals surface area contributed by atoms with Crippen molar-refractivity contribution in [1.29, 1.82) is 0 Å². The first kappa shape index (κ1) is 22.3. The van der Waals surface area contributed by atoms with Gasteiger partial charge in [0.25, 0.3) is 11.6 Å². The van der Waals surface area contributed by atoms with Crippen molar-refractivity contribution in [3.05, 3.63) is 11.3 Å². The van der Waals surface area contributed by atoms with Crippen LogP contribution in [0.25, 0.3) is 0 Å². The highest BCUT2D eigenvalue weighted by atomic mass is 32.2. The number of carboxylic acids is 1. The second kappa shape index (κ2) is 8.25. The van der Waals surface area contributed by atoms with Crippen LogP contribution < -0.4 is 10.6 Å². The molecule has 172 valence electrons. The monoisotopic (exact) mass is 485 g/mol. The molecule has 4 atom stereocenters. The van der Waals surface area contributed by atoms with Crippen molar-refractivity contribution in [1.82, 2.24) is 35.7 Å². The van der Waals surface area contributed by atoms with Gasteiger partial charge in [-0.2, -0.15) is 0 Å². The zero-order valence-corrected chi connectivity index (χ0v) is 18.7. The number of hydrogen-bond acceptors (Lipinski definition) is 11. The molecule has 0 bridgehead atoms. The lowest BCUT2D eigenvalue weighted by Gasteiger charge is -2.56. The SMILES string of the molecule is CO[C@@]1(NC(=O)C2NC(=O)OC2C)C(=O)N2C(C(=O)O)=C(CSc3nnnn3C)CSC21. The summed E-state index contributed by atoms with van der Waals surface area (Å²) in [4.78, 5) is 50.4. The van der Waals surface area contributed by atoms with Crippen molar-refractivity contribution in [3.63, 3.8) is 0 Å². The number of methoxy groups -OCH3 is 1. The van der Waals surface area contributed by atoms with Gasteiger partial charge in [-0.05, 0) is 22.9 Å². The van der Waals surface area contributed by atoms with Crippen molar-refractivity contribution >= 4 is 47.4 Å². The fourth-order valence-corrected chi connectivity index (χ4v) is 6.03. The van der Waals surface area contributed by atoms with Gasteiger partial charge in [0.2, 0.25) is 11.1 Å². The number of hydrogen-bond donors (Lipinski definition) is 3. The quantitative estimate of drug-likeness (QED) is 0.232. The van der Waals surface area contributed by atoms with E-state index in [2.05, 4.69) is 26.2 Å². The van der Waals surface area contributed by atoms with Crippen LogP contribution in [0, 0.1) is 0 Å². The third-order valence-corrected chi connectivity index (χ3v) is 7.69. The molecule has 0 aromatic carbocycles. The third kappa shape index (κ3) is 3.47. The number of aromatic nitrogens is 4. The lowest BCUT2D eigenvalue weighted by molar-refractivity contribution is -0.193. The zero-order valence-electron chi connectivity index (χ0n) is 17.1. The van der Waals surface area contributed by atoms with Gasteiger partial charge in [0.1, 0.15) is 23.2 Å². The summed E-state index contributed by atoms with van der Waals surface area (Å²) in [5.41, 5.74) is -1.41. The molecule has 1 aromatic heterocycles. The molecule has 3 unspecified atom stereocenters. The van der Waals surface area contributed by atoms with E-state index in [4.69, 9.17) is 9.47 Å². The summed E-state index contributed by atoms with van der Waals surface area (Å²) < 4.78 is 11.8. The Morgan fingerprint density at radius 1 is 1.47 bits per heavy atom. The predicted molar refractivity (Wildman–Crippen MR) is 108 cm³/mol. The summed E-state index contributed by atoms with van der Waals surface area (Å²) in [5.74, 6) is -2.11. The van der Waals surface area contributed by atoms with Crippen LogP contribution in [0.3, 0.4) is 0 Å². The second-order valence-electron chi connectivity index (χ2n) is 7.13. The number of rotatable bonds is 7. The molecule has 0 spiro atoms. The van der Waals surface area contributed by atoms with Crippen LogP contribution in [-0.4, -0.2) is 96.0 Å². The number of thioether (sulfide) groups is 2. The van der Waals surface area contributed by atoms with E-state index < -0.39 is 47.1 Å². The minimum atomic E-state index is -1.76. The maximum absolute atomic E-state index is 13.1. The fourth-order valence-electron chi connectivity index (χ4n) is 3.60. The minimum Gasteiger partial charge on any atom is -0.477 e. The van der Waals surface area contributed by atoms with Gasteiger partial charge >= 0.3 is 12.1 Å². The van der Waals surface area contributed by atoms with Gasteiger partial charge in [0, 0.05) is 25.7 Å². The lowest BCUT2D eigenvalue weighted by atomic mass is 9.97. The lowest BCUT2D eigenvalue weighted by Crippen LogP contribution is -2.81. The average molecular weight is 486 g/mol. The van der Waals surface area contributed by atoms with Crippen molar-refractivity contribution in [2.24, 2.45) is 7.05 Å². The summed E-state index contributed by atoms with van der Waals surface area (Å²) in [6.07, 6.45) is -1.48. The Kier molecular flexibility index (Phi) is 5.76. The van der Waals surface area contributed by atoms with Crippen molar-refractivity contribution in [3.8, 4) is 0 Å². The number of fused-ring (bicyclic) bond motifs is 1. The van der Waals surface area contributed by atoms with Crippen LogP contribution in [0.2, 0.25) is 0 Å². The molecule has 0 radical (unpaired) electrons. The average Bonchev–Trinajstić information content (AvgIpc) is 3.32. The van der Waals surface area contributed by atoms with Gasteiger partial charge in [-0.15, -0.1) is 16.9 Å². The molecular formula is C16H19N7O7S2. The van der Waals surface area contributed by atoms with E-state index >= 15 is 0 Å². The number of β-lactam (4-membered cyclic amide) rings is 1. The Labute approximate surface area is 189 Å². The summed E-state index contributed by atoms with van der Waals surface area (Å²) in [6.45, 7) is 1.54. The molecule has 2 fully saturated rings. The van der Waals surface area contributed by atoms with E-state index in [9.17, 15) is 24.3 Å². The Morgan fingerprint density at radius 2 is 2.22 bits per heavy atom. The predicted octanol–water partition coefficient (Wildman–Crippen LogP) is -1.49. The van der Waals surface area contributed by atoms with Gasteiger partial charge in [0.05, 0.1) is 0 Å². The molecule has 4 rings (SSSR count). The van der Waals surface area contributed by atoms with E-state index in [0.29, 0.717) is 10.7 Å². The van der Waals surface area contributed by atoms with Crippen LogP contribution in [0.4, 0.5) is 4.79 Å². The Balaban J connectivity index is 1.55. The van der Waals surface area contributed by atoms with Gasteiger partial charge in [-0.25, -0.2) is 14.3 Å². The first-order valence-electron chi connectivity index (χ1n) is 9.29. The first-order chi connectivity index (χ1) is 15.2. The molecule has 0 aliphatic carbocycles. The highest BCUT2D eigenvalue weighted by Gasteiger charge is 2.67. The number of nitrogens with one attached hydrogen (secondary N) is 2. The number of cyclic esters (lactones) is 1. The number of carboxylic acid groups (broad SMARTS) is 1. The summed E-state index contributed by atoms with van der Waals surface area (Å²) in [7, 11) is 2.91. The number of carbonyl (C=O) groups excluding carboxylic acids is 3. The molecule has 4 heterocycles. The Hall–Kier alpha value is -2.85. The van der Waals surface area contributed by atoms with Gasteiger partial charge in [-0.3, -0.25) is 14.5 Å². The van der Waals surface area contributed by atoms with Crippen molar-refractivity contribution in [2.75, 3.05) is 18.6 Å². The molecule has 32 heavy (non-hydrogen) atoms. The van der Waals surface area contributed by atoms with Crippen molar-refractivity contribution in [2.45, 2.75) is 35.3 Å². The highest BCUT2D eigenvalue weighted by Crippen LogP contribution is 2.47. The second-order valence-corrected chi connectivity index (χ2v) is 9.14. The van der Waals surface area contributed by atoms with Crippen LogP contribution >= 0.6 is 23.5 Å². The van der Waals surface area contributed by atoms with Crippen LogP contribution in [0.15, 0.2) is 16.4 Å². The van der Waals surface area contributed by atoms with Gasteiger partial charge in [0.15, 0.2) is 0 Å². The number of ether oxygens (including phenoxy) is 2. The fraction of sp³-hybridized carbons (Fsp3) is 0.562. The molecule has 3 N–H and O–H groups in total. The Bertz CT molecular complexity index is 1030. The molecule has 1 aromatic rings. The number of carbonyl (C=O) groups is 4. The topological polar surface area (TPSA) is 178 Å². The number of nitrogens with zero attached hydrogens (tertiary/aromatic N) is 5. The number of aryl methyl sites for hydroxylation is 1. The molecule has 3 aliphatic heterocycles. The number of aliphatic carboxylic acids is 1. The highest BCUT2D eigenvalue weighted by molar-refractivity contribution is 8.01. The van der Waals surface area contributed by atoms with E-state index in [0.717, 1.165) is 4.90 Å². The van der Waals surface area contributed by atoms with E-state index in [1.165, 1.54) is 42.2 Å². The largest absolute Gasteiger partial charge is 0.477 e. The van der Waals surface area contributed by atoms with Gasteiger partial charge in [-0.1, -0.05) is 11.8 Å². The van der Waals surface area contributed by atoms with E-state index in [-0.39, 0.29) is 17.2 Å². The summed E-state index contributed by atoms with van der Waals surface area (Å²) in [6, 6.07) is -1.01. The maximum Gasteiger partial charge on any atom is 0.408 e. The van der Waals surface area contributed by atoms with Crippen LogP contribution in [0.5, 0.6) is 0 Å². The summed E-state index contributed by atoms with van der Waals surface area (Å²) >= 11 is 2.50. The number of amides is 3. The maximum atomic E-state index is 13.1. The molecule has 2 saturated heterocycles. The molecular weight excluding hydrogens is 466 g/mol. The third-order valence-electron chi connectivity index (χ3n) is 5.22. The molecule has 16 heteroatoms. The van der Waals surface area contributed by atoms with Crippen LogP contribution in [0.1, 0.15) is 6.92 Å². The first-order valence-corrected chi connectivity index (χ1v) is 11.3. The molecule has 3 amide bonds. The molecule has 0 saturated carbocycles. The molecule has 14 nitrogen and oxygen atoms in total. The normalized spacial score (nSPS) is 29.2. The standard InChI is InChI=1S/C16H19N7O7S2/c1-6-8(17-15(28)30-6)10(24)18-16(29-3)12(27)23-9(11(25)26)7(4-31-13(16)23)5-32-14-19-20-21-22(14)2/h6,8,13H,4-5H2,1-3H3,(H,17,28)(H,18,24)(H,25,26)/t6?,8?,13?,16-/m0/s1. The van der Waals surface area contributed by atoms with E-state index in [1.54, 1.807) is 7.05 Å². The summed E-state index contributed by atoms with van der Waals surface area (Å²) in [5, 5.41) is 25.5. The smallest absolute Gasteiger partial charge is 0.408 e. The Morgan fingerprint density at radius 3 is 2.78 bits per heavy atom. The van der Waals surface area contributed by atoms with Gasteiger partial charge < -0.3 is 25.2 Å². The van der Waals surface area contributed by atoms with Crippen LogP contribution in [-0.2, 0) is 30.9 Å². The number of alkyl carbamates (subject to hydrolysis) is 1. The van der Waals surface area contributed by atoms with E-state index in [1.807, 2.05) is 0 Å². The minimum absolute atomic E-state index is 0.158.